The van der Waals surface area contributed by atoms with E-state index in [4.69, 9.17) is 32.5 Å². The summed E-state index contributed by atoms with van der Waals surface area (Å²) in [5.74, 6) is 1.77. The lowest BCUT2D eigenvalue weighted by atomic mass is 9.43. The molecule has 4 aliphatic rings. The van der Waals surface area contributed by atoms with Crippen molar-refractivity contribution in [2.75, 3.05) is 0 Å². The number of hydrogen-bond donors (Lipinski definition) is 0. The van der Waals surface area contributed by atoms with E-state index >= 15 is 0 Å². The third-order valence-corrected chi connectivity index (χ3v) is 7.10. The molecule has 2 bridgehead atoms. The van der Waals surface area contributed by atoms with Gasteiger partial charge in [0.15, 0.2) is 0 Å². The van der Waals surface area contributed by atoms with E-state index in [2.05, 4.69) is 34.6 Å². The molecule has 116 valence electrons. The minimum absolute atomic E-state index is 0.165. The highest BCUT2D eigenvalue weighted by Gasteiger charge is 2.67. The predicted molar refractivity (Wildman–Crippen MR) is 85.3 cm³/mol. The first-order valence-corrected chi connectivity index (χ1v) is 8.81. The largest absolute Gasteiger partial charge is 0.562 e. The van der Waals surface area contributed by atoms with Crippen LogP contribution in [-0.4, -0.2) is 23.0 Å². The number of alkyl halides is 2. The summed E-state index contributed by atoms with van der Waals surface area (Å²) in [4.78, 5) is 0. The highest BCUT2D eigenvalue weighted by Crippen LogP contribution is 2.67. The van der Waals surface area contributed by atoms with Crippen molar-refractivity contribution < 1.29 is 9.31 Å². The summed E-state index contributed by atoms with van der Waals surface area (Å²) >= 11 is 12.6. The lowest BCUT2D eigenvalue weighted by Crippen LogP contribution is -2.65. The van der Waals surface area contributed by atoms with Crippen molar-refractivity contribution in [3.63, 3.8) is 0 Å². The fourth-order valence-corrected chi connectivity index (χ4v) is 5.59. The average Bonchev–Trinajstić information content (AvgIpc) is 2.60. The van der Waals surface area contributed by atoms with E-state index in [9.17, 15) is 0 Å². The molecule has 0 aromatic rings. The maximum absolute atomic E-state index is 6.57. The molecule has 4 rings (SSSR count). The molecule has 1 heterocycles. The van der Waals surface area contributed by atoms with E-state index in [1.165, 1.54) is 6.42 Å². The Morgan fingerprint density at radius 1 is 1.20 bits per heavy atom. The smallest absolute Gasteiger partial charge is 0.273 e. The summed E-state index contributed by atoms with van der Waals surface area (Å²) in [6, 6.07) is 0. The number of rotatable bonds is 3. The molecule has 0 radical (unpaired) electrons. The zero-order valence-electron chi connectivity index (χ0n) is 13.2. The third-order valence-electron chi connectivity index (χ3n) is 6.33. The molecule has 1 saturated heterocycles. The van der Waals surface area contributed by atoms with Gasteiger partial charge in [0, 0.05) is 16.4 Å². The van der Waals surface area contributed by atoms with Crippen LogP contribution in [0.4, 0.5) is 0 Å². The van der Waals surface area contributed by atoms with Crippen LogP contribution in [0.3, 0.4) is 0 Å². The van der Waals surface area contributed by atoms with Gasteiger partial charge in [-0.3, -0.25) is 0 Å². The number of halogens is 2. The van der Waals surface area contributed by atoms with Crippen LogP contribution in [0.25, 0.3) is 0 Å². The molecule has 0 aromatic heterocycles. The van der Waals surface area contributed by atoms with Crippen molar-refractivity contribution in [2.45, 2.75) is 70.2 Å². The van der Waals surface area contributed by atoms with Crippen LogP contribution in [0.2, 0.25) is 6.32 Å². The van der Waals surface area contributed by atoms with E-state index in [-0.39, 0.29) is 11.7 Å². The van der Waals surface area contributed by atoms with Crippen LogP contribution in [0.15, 0.2) is 0 Å². The molecule has 4 fully saturated rings. The van der Waals surface area contributed by atoms with E-state index in [1.54, 1.807) is 0 Å². The molecule has 1 aliphatic heterocycles. The standard InChI is InChI=1S/C15H26BCl2O2/c1-9(2)8-16(13(17)18)19-12-7-10-6-11(14(10,3)4)15(12,5)20-16/h9-13H,6-8H2,1-5H3/q-1/t10-,11-,12+,15-,16?/m0/s1. The Hall–Kier alpha value is 0.565. The van der Waals surface area contributed by atoms with Crippen LogP contribution < -0.4 is 0 Å². The maximum Gasteiger partial charge on any atom is 0.273 e. The van der Waals surface area contributed by atoms with Gasteiger partial charge < -0.3 is 9.31 Å². The maximum atomic E-state index is 6.57. The van der Waals surface area contributed by atoms with Gasteiger partial charge in [0.25, 0.3) is 6.55 Å². The SMILES string of the molecule is CC(C)C[B-]1(C(Cl)Cl)O[C@@H]2C[C@@H]3C[C@@H](C3(C)C)[C@]2(C)O1. The second-order valence-corrected chi connectivity index (χ2v) is 9.53. The van der Waals surface area contributed by atoms with Gasteiger partial charge in [0.2, 0.25) is 0 Å². The van der Waals surface area contributed by atoms with Crippen molar-refractivity contribution in [3.05, 3.63) is 0 Å². The minimum atomic E-state index is -1.59. The van der Waals surface area contributed by atoms with Crippen molar-refractivity contribution in [3.8, 4) is 0 Å². The van der Waals surface area contributed by atoms with Gasteiger partial charge in [0.05, 0.1) is 0 Å². The first-order chi connectivity index (χ1) is 9.12. The number of hydrogen-bond acceptors (Lipinski definition) is 2. The fourth-order valence-electron chi connectivity index (χ4n) is 5.16. The second kappa shape index (κ2) is 4.53. The first-order valence-electron chi connectivity index (χ1n) is 7.94. The molecule has 5 heteroatoms. The zero-order chi connectivity index (χ0) is 14.9. The van der Waals surface area contributed by atoms with Crippen LogP contribution in [0.5, 0.6) is 0 Å². The Labute approximate surface area is 132 Å². The second-order valence-electron chi connectivity index (χ2n) is 8.37. The monoisotopic (exact) mass is 319 g/mol. The highest BCUT2D eigenvalue weighted by molar-refractivity contribution is 6.86. The summed E-state index contributed by atoms with van der Waals surface area (Å²) in [6.07, 6.45) is 3.31. The van der Waals surface area contributed by atoms with E-state index in [1.807, 2.05) is 0 Å². The van der Waals surface area contributed by atoms with Crippen molar-refractivity contribution in [1.29, 1.82) is 0 Å². The molecule has 0 N–H and O–H groups in total. The average molecular weight is 320 g/mol. The molecule has 3 aliphatic carbocycles. The van der Waals surface area contributed by atoms with Gasteiger partial charge in [-0.05, 0) is 37.0 Å². The Bertz CT molecular complexity index is 415. The summed E-state index contributed by atoms with van der Waals surface area (Å²) in [5.41, 5.74) is 0.141. The fraction of sp³-hybridized carbons (Fsp3) is 1.00. The van der Waals surface area contributed by atoms with Crippen molar-refractivity contribution in [2.24, 2.45) is 23.2 Å². The summed E-state index contributed by atoms with van der Waals surface area (Å²) < 4.78 is 12.4. The van der Waals surface area contributed by atoms with Gasteiger partial charge in [0.1, 0.15) is 0 Å². The van der Waals surface area contributed by atoms with Gasteiger partial charge in [-0.15, -0.1) is 29.5 Å². The summed E-state index contributed by atoms with van der Waals surface area (Å²) in [7, 11) is 0. The first kappa shape index (κ1) is 15.5. The van der Waals surface area contributed by atoms with Crippen molar-refractivity contribution >= 4 is 29.8 Å². The lowest BCUT2D eigenvalue weighted by molar-refractivity contribution is -0.199. The van der Waals surface area contributed by atoms with Gasteiger partial charge in [-0.1, -0.05) is 33.6 Å². The van der Waals surface area contributed by atoms with E-state index < -0.39 is 11.3 Å². The molecule has 5 atom stereocenters. The molecular weight excluding hydrogens is 294 g/mol. The zero-order valence-corrected chi connectivity index (χ0v) is 14.7. The van der Waals surface area contributed by atoms with Crippen LogP contribution in [0, 0.1) is 23.2 Å². The van der Waals surface area contributed by atoms with Crippen LogP contribution in [-0.2, 0) is 9.31 Å². The molecule has 0 aromatic carbocycles. The predicted octanol–water partition coefficient (Wildman–Crippen LogP) is 4.67. The quantitative estimate of drug-likeness (QED) is 0.556. The molecular formula is C15H26BCl2O2-. The molecule has 0 spiro atoms. The Kier molecular flexibility index (Phi) is 3.50. The van der Waals surface area contributed by atoms with Gasteiger partial charge >= 0.3 is 0 Å². The topological polar surface area (TPSA) is 18.5 Å². The summed E-state index contributed by atoms with van der Waals surface area (Å²) in [5, 5.41) is 0. The van der Waals surface area contributed by atoms with Gasteiger partial charge in [-0.25, -0.2) is 0 Å². The molecule has 1 unspecified atom stereocenters. The van der Waals surface area contributed by atoms with Gasteiger partial charge in [-0.2, -0.15) is 0 Å². The molecule has 2 nitrogen and oxygen atoms in total. The van der Waals surface area contributed by atoms with E-state index in [0.29, 0.717) is 17.3 Å². The minimum Gasteiger partial charge on any atom is -0.562 e. The van der Waals surface area contributed by atoms with Crippen LogP contribution >= 0.6 is 23.2 Å². The Balaban J connectivity index is 1.90. The molecule has 20 heavy (non-hydrogen) atoms. The highest BCUT2D eigenvalue weighted by atomic mass is 35.5. The molecule has 0 amide bonds. The molecule has 3 saturated carbocycles. The lowest BCUT2D eigenvalue weighted by Gasteiger charge is -2.66. The van der Waals surface area contributed by atoms with E-state index in [0.717, 1.165) is 18.7 Å². The summed E-state index contributed by atoms with van der Waals surface area (Å²) in [6.45, 7) is 9.70. The van der Waals surface area contributed by atoms with Crippen molar-refractivity contribution in [1.82, 2.24) is 0 Å². The normalized spacial score (nSPS) is 49.4. The Morgan fingerprint density at radius 3 is 2.35 bits per heavy atom. The van der Waals surface area contributed by atoms with Crippen LogP contribution in [0.1, 0.15) is 47.5 Å². The third kappa shape index (κ3) is 1.92. The Morgan fingerprint density at radius 2 is 1.85 bits per heavy atom.